The van der Waals surface area contributed by atoms with Crippen LogP contribution in [0, 0.1) is 0 Å². The fraction of sp³-hybridized carbons (Fsp3) is 0.316. The third-order valence-electron chi connectivity index (χ3n) is 3.91. The van der Waals surface area contributed by atoms with E-state index < -0.39 is 15.9 Å². The second-order valence-corrected chi connectivity index (χ2v) is 8.02. The molecule has 6 nitrogen and oxygen atoms in total. The molecular formula is C19H23NO5S. The highest BCUT2D eigenvalue weighted by Crippen LogP contribution is 2.19. The number of amides is 1. The third-order valence-corrected chi connectivity index (χ3v) is 5.04. The molecule has 140 valence electrons. The highest BCUT2D eigenvalue weighted by molar-refractivity contribution is 7.90. The van der Waals surface area contributed by atoms with Crippen LogP contribution in [0.1, 0.15) is 25.5 Å². The molecule has 1 amide bonds. The van der Waals surface area contributed by atoms with Crippen LogP contribution >= 0.6 is 0 Å². The average Bonchev–Trinajstić information content (AvgIpc) is 2.61. The van der Waals surface area contributed by atoms with Crippen LogP contribution < -0.4 is 14.8 Å². The van der Waals surface area contributed by atoms with Crippen LogP contribution in [0.25, 0.3) is 0 Å². The normalized spacial score (nSPS) is 13.5. The summed E-state index contributed by atoms with van der Waals surface area (Å²) < 4.78 is 33.7. The molecule has 2 rings (SSSR count). The van der Waals surface area contributed by atoms with E-state index in [0.29, 0.717) is 11.5 Å². The lowest BCUT2D eigenvalue weighted by atomic mass is 10.1. The summed E-state index contributed by atoms with van der Waals surface area (Å²) in [5.74, 6) is 1.01. The lowest BCUT2D eigenvalue weighted by molar-refractivity contribution is -0.127. The summed E-state index contributed by atoms with van der Waals surface area (Å²) in [5.41, 5.74) is 0.808. The van der Waals surface area contributed by atoms with E-state index in [1.54, 1.807) is 50.4 Å². The number of ether oxygens (including phenoxy) is 2. The number of rotatable bonds is 7. The van der Waals surface area contributed by atoms with Crippen molar-refractivity contribution in [3.63, 3.8) is 0 Å². The maximum absolute atomic E-state index is 12.3. The van der Waals surface area contributed by atoms with E-state index in [1.165, 1.54) is 12.1 Å². The third kappa shape index (κ3) is 5.23. The Morgan fingerprint density at radius 2 is 1.50 bits per heavy atom. The van der Waals surface area contributed by atoms with Crippen molar-refractivity contribution in [2.24, 2.45) is 0 Å². The molecule has 0 unspecified atom stereocenters. The lowest BCUT2D eigenvalue weighted by Crippen LogP contribution is -2.37. The van der Waals surface area contributed by atoms with Crippen molar-refractivity contribution in [2.45, 2.75) is 30.9 Å². The van der Waals surface area contributed by atoms with Gasteiger partial charge in [-0.1, -0.05) is 12.1 Å². The minimum Gasteiger partial charge on any atom is -0.497 e. The molecule has 0 aliphatic heterocycles. The summed E-state index contributed by atoms with van der Waals surface area (Å²) >= 11 is 0. The van der Waals surface area contributed by atoms with Crippen molar-refractivity contribution >= 4 is 15.7 Å². The number of carbonyl (C=O) groups is 1. The maximum Gasteiger partial charge on any atom is 0.261 e. The predicted octanol–water partition coefficient (Wildman–Crippen LogP) is 2.74. The van der Waals surface area contributed by atoms with Crippen molar-refractivity contribution in [1.82, 2.24) is 5.32 Å². The lowest BCUT2D eigenvalue weighted by Gasteiger charge is -2.19. The minimum atomic E-state index is -3.24. The highest BCUT2D eigenvalue weighted by atomic mass is 32.2. The van der Waals surface area contributed by atoms with Gasteiger partial charge in [-0.2, -0.15) is 0 Å². The van der Waals surface area contributed by atoms with Gasteiger partial charge in [0, 0.05) is 6.26 Å². The van der Waals surface area contributed by atoms with Crippen LogP contribution in [0.3, 0.4) is 0 Å². The second-order valence-electron chi connectivity index (χ2n) is 6.01. The molecule has 0 spiro atoms. The number of nitrogens with one attached hydrogen (secondary N) is 1. The standard InChI is InChI=1S/C19H23NO5S/c1-13(15-5-11-18(12-6-15)26(4,22)23)20-19(21)14(2)25-17-9-7-16(24-3)8-10-17/h5-14H,1-4H3,(H,20,21)/t13-,14-/m0/s1. The van der Waals surface area contributed by atoms with E-state index in [4.69, 9.17) is 9.47 Å². The zero-order valence-electron chi connectivity index (χ0n) is 15.2. The first kappa shape index (κ1) is 19.8. The molecule has 0 aromatic heterocycles. The van der Waals surface area contributed by atoms with E-state index in [0.717, 1.165) is 11.8 Å². The molecule has 0 aliphatic rings. The van der Waals surface area contributed by atoms with E-state index >= 15 is 0 Å². The van der Waals surface area contributed by atoms with Crippen molar-refractivity contribution < 1.29 is 22.7 Å². The Morgan fingerprint density at radius 3 is 2.00 bits per heavy atom. The molecule has 0 saturated carbocycles. The van der Waals surface area contributed by atoms with Crippen LogP contribution in [-0.2, 0) is 14.6 Å². The van der Waals surface area contributed by atoms with Crippen molar-refractivity contribution in [3.8, 4) is 11.5 Å². The molecule has 1 N–H and O–H groups in total. The first-order valence-electron chi connectivity index (χ1n) is 8.12. The van der Waals surface area contributed by atoms with Gasteiger partial charge < -0.3 is 14.8 Å². The SMILES string of the molecule is COc1ccc(O[C@@H](C)C(=O)N[C@@H](C)c2ccc(S(C)(=O)=O)cc2)cc1. The molecule has 0 heterocycles. The molecule has 2 atom stereocenters. The van der Waals surface area contributed by atoms with Crippen LogP contribution in [0.15, 0.2) is 53.4 Å². The van der Waals surface area contributed by atoms with Crippen LogP contribution in [0.5, 0.6) is 11.5 Å². The number of benzene rings is 2. The van der Waals surface area contributed by atoms with Gasteiger partial charge in [-0.3, -0.25) is 4.79 Å². The summed E-state index contributed by atoms with van der Waals surface area (Å²) in [6.45, 7) is 3.49. The minimum absolute atomic E-state index is 0.246. The van der Waals surface area contributed by atoms with E-state index in [-0.39, 0.29) is 16.8 Å². The summed E-state index contributed by atoms with van der Waals surface area (Å²) in [6, 6.07) is 13.1. The van der Waals surface area contributed by atoms with E-state index in [2.05, 4.69) is 5.32 Å². The van der Waals surface area contributed by atoms with Gasteiger partial charge in [0.05, 0.1) is 18.0 Å². The van der Waals surface area contributed by atoms with Gasteiger partial charge in [0.2, 0.25) is 0 Å². The van der Waals surface area contributed by atoms with Gasteiger partial charge in [-0.25, -0.2) is 8.42 Å². The number of hydrogen-bond donors (Lipinski definition) is 1. The topological polar surface area (TPSA) is 81.7 Å². The highest BCUT2D eigenvalue weighted by Gasteiger charge is 2.18. The molecule has 0 bridgehead atoms. The molecule has 7 heteroatoms. The van der Waals surface area contributed by atoms with Gasteiger partial charge in [-0.15, -0.1) is 0 Å². The van der Waals surface area contributed by atoms with Crippen LogP contribution in [-0.4, -0.2) is 33.8 Å². The molecule has 26 heavy (non-hydrogen) atoms. The summed E-state index contributed by atoms with van der Waals surface area (Å²) in [4.78, 5) is 12.6. The molecule has 0 saturated heterocycles. The Bertz CT molecular complexity index is 845. The van der Waals surface area contributed by atoms with Gasteiger partial charge in [0.15, 0.2) is 15.9 Å². The van der Waals surface area contributed by atoms with Crippen LogP contribution in [0.4, 0.5) is 0 Å². The zero-order valence-corrected chi connectivity index (χ0v) is 16.0. The first-order chi connectivity index (χ1) is 12.2. The Labute approximate surface area is 154 Å². The van der Waals surface area contributed by atoms with Crippen LogP contribution in [0.2, 0.25) is 0 Å². The zero-order chi connectivity index (χ0) is 19.3. The molecule has 2 aromatic carbocycles. The van der Waals surface area contributed by atoms with Gasteiger partial charge in [0.25, 0.3) is 5.91 Å². The number of sulfone groups is 1. The Kier molecular flexibility index (Phi) is 6.26. The molecule has 0 aliphatic carbocycles. The predicted molar refractivity (Wildman–Crippen MR) is 99.2 cm³/mol. The monoisotopic (exact) mass is 377 g/mol. The second kappa shape index (κ2) is 8.23. The van der Waals surface area contributed by atoms with Gasteiger partial charge in [-0.05, 0) is 55.8 Å². The first-order valence-corrected chi connectivity index (χ1v) is 10.0. The smallest absolute Gasteiger partial charge is 0.261 e. The molecule has 0 radical (unpaired) electrons. The Balaban J connectivity index is 1.96. The quantitative estimate of drug-likeness (QED) is 0.802. The van der Waals surface area contributed by atoms with Gasteiger partial charge in [0.1, 0.15) is 11.5 Å². The van der Waals surface area contributed by atoms with Crippen molar-refractivity contribution in [2.75, 3.05) is 13.4 Å². The summed E-state index contributed by atoms with van der Waals surface area (Å²) in [5, 5.41) is 2.86. The largest absolute Gasteiger partial charge is 0.497 e. The van der Waals surface area contributed by atoms with Crippen molar-refractivity contribution in [1.29, 1.82) is 0 Å². The summed E-state index contributed by atoms with van der Waals surface area (Å²) in [6.07, 6.45) is 0.479. The van der Waals surface area contributed by atoms with Crippen molar-refractivity contribution in [3.05, 3.63) is 54.1 Å². The Hall–Kier alpha value is -2.54. The summed E-state index contributed by atoms with van der Waals surface area (Å²) in [7, 11) is -1.66. The molecule has 2 aromatic rings. The fourth-order valence-corrected chi connectivity index (χ4v) is 2.96. The van der Waals surface area contributed by atoms with Gasteiger partial charge >= 0.3 is 0 Å². The average molecular weight is 377 g/mol. The number of hydrogen-bond acceptors (Lipinski definition) is 5. The molecular weight excluding hydrogens is 354 g/mol. The number of methoxy groups -OCH3 is 1. The van der Waals surface area contributed by atoms with E-state index in [1.807, 2.05) is 6.92 Å². The van der Waals surface area contributed by atoms with E-state index in [9.17, 15) is 13.2 Å². The fourth-order valence-electron chi connectivity index (χ4n) is 2.33. The molecule has 0 fully saturated rings. The Morgan fingerprint density at radius 1 is 0.962 bits per heavy atom. The maximum atomic E-state index is 12.3. The number of carbonyl (C=O) groups excluding carboxylic acids is 1.